The van der Waals surface area contributed by atoms with E-state index in [1.54, 1.807) is 7.11 Å². The molecule has 0 amide bonds. The highest BCUT2D eigenvalue weighted by Gasteiger charge is 2.35. The minimum absolute atomic E-state index is 0.163. The van der Waals surface area contributed by atoms with Crippen molar-refractivity contribution in [3.63, 3.8) is 0 Å². The Morgan fingerprint density at radius 2 is 2.33 bits per heavy atom. The molecule has 0 aromatic rings. The number of likely N-dealkylation sites (N-methyl/N-ethyl adjacent to an activating group) is 1. The molecule has 0 saturated carbocycles. The Hall–Kier alpha value is -0.160. The Morgan fingerprint density at radius 3 is 2.80 bits per heavy atom. The molecule has 0 bridgehead atoms. The predicted octanol–water partition coefficient (Wildman–Crippen LogP) is 0.319. The molecule has 2 atom stereocenters. The summed E-state index contributed by atoms with van der Waals surface area (Å²) in [5.41, 5.74) is 6.02. The Bertz CT molecular complexity index is 181. The molecule has 2 unspecified atom stereocenters. The van der Waals surface area contributed by atoms with Gasteiger partial charge < -0.3 is 20.1 Å². The molecular weight excluding hydrogens is 192 g/mol. The van der Waals surface area contributed by atoms with E-state index in [1.807, 2.05) is 0 Å². The molecule has 1 heterocycles. The summed E-state index contributed by atoms with van der Waals surface area (Å²) in [6.45, 7) is 6.28. The highest BCUT2D eigenvalue weighted by Crippen LogP contribution is 2.28. The Morgan fingerprint density at radius 1 is 1.60 bits per heavy atom. The molecule has 2 N–H and O–H groups in total. The summed E-state index contributed by atoms with van der Waals surface area (Å²) in [6, 6.07) is 0.430. The fourth-order valence-electron chi connectivity index (χ4n) is 2.05. The Kier molecular flexibility index (Phi) is 4.99. The van der Waals surface area contributed by atoms with E-state index in [-0.39, 0.29) is 5.41 Å². The maximum Gasteiger partial charge on any atom is 0.0615 e. The highest BCUT2D eigenvalue weighted by molar-refractivity contribution is 4.87. The van der Waals surface area contributed by atoms with Crippen molar-refractivity contribution in [3.05, 3.63) is 0 Å². The zero-order valence-corrected chi connectivity index (χ0v) is 10.2. The largest absolute Gasteiger partial charge is 0.383 e. The van der Waals surface area contributed by atoms with E-state index in [0.29, 0.717) is 12.6 Å². The lowest BCUT2D eigenvalue weighted by Gasteiger charge is -2.34. The Labute approximate surface area is 92.7 Å². The predicted molar refractivity (Wildman–Crippen MR) is 60.9 cm³/mol. The Balaban J connectivity index is 2.43. The molecular formula is C11H24N2O2. The molecule has 0 radical (unpaired) electrons. The van der Waals surface area contributed by atoms with Crippen molar-refractivity contribution < 1.29 is 9.47 Å². The van der Waals surface area contributed by atoms with Gasteiger partial charge in [-0.3, -0.25) is 0 Å². The van der Waals surface area contributed by atoms with Gasteiger partial charge in [0.25, 0.3) is 0 Å². The number of methoxy groups -OCH3 is 1. The monoisotopic (exact) mass is 216 g/mol. The van der Waals surface area contributed by atoms with Crippen LogP contribution in [0.3, 0.4) is 0 Å². The third kappa shape index (κ3) is 3.41. The van der Waals surface area contributed by atoms with Crippen LogP contribution in [-0.4, -0.2) is 58.0 Å². The second kappa shape index (κ2) is 5.80. The van der Waals surface area contributed by atoms with E-state index >= 15 is 0 Å². The van der Waals surface area contributed by atoms with Crippen LogP contribution in [0.25, 0.3) is 0 Å². The number of rotatable bonds is 6. The van der Waals surface area contributed by atoms with Gasteiger partial charge in [0.15, 0.2) is 0 Å². The zero-order valence-electron chi connectivity index (χ0n) is 10.2. The van der Waals surface area contributed by atoms with Crippen LogP contribution in [0.5, 0.6) is 0 Å². The number of hydrogen-bond donors (Lipinski definition) is 1. The molecule has 0 spiro atoms. The van der Waals surface area contributed by atoms with Gasteiger partial charge in [-0.05, 0) is 20.4 Å². The summed E-state index contributed by atoms with van der Waals surface area (Å²) in [4.78, 5) is 2.31. The summed E-state index contributed by atoms with van der Waals surface area (Å²) in [7, 11) is 3.86. The summed E-state index contributed by atoms with van der Waals surface area (Å²) in [5, 5.41) is 0. The minimum atomic E-state index is 0.163. The number of nitrogens with two attached hydrogens (primary N) is 1. The molecule has 0 aliphatic carbocycles. The van der Waals surface area contributed by atoms with Gasteiger partial charge in [0.1, 0.15) is 0 Å². The summed E-state index contributed by atoms with van der Waals surface area (Å²) in [5.74, 6) is 0. The second-order valence-corrected chi connectivity index (χ2v) is 4.73. The van der Waals surface area contributed by atoms with Gasteiger partial charge in [-0.15, -0.1) is 0 Å². The topological polar surface area (TPSA) is 47.7 Å². The van der Waals surface area contributed by atoms with Gasteiger partial charge >= 0.3 is 0 Å². The van der Waals surface area contributed by atoms with E-state index in [4.69, 9.17) is 15.2 Å². The fraction of sp³-hybridized carbons (Fsp3) is 1.00. The smallest absolute Gasteiger partial charge is 0.0615 e. The van der Waals surface area contributed by atoms with Crippen molar-refractivity contribution in [3.8, 4) is 0 Å². The van der Waals surface area contributed by atoms with Crippen LogP contribution in [0.15, 0.2) is 0 Å². The SMILES string of the molecule is COCC(C)N(C)CC1(CN)CCOC1. The zero-order chi connectivity index (χ0) is 11.3. The third-order valence-corrected chi connectivity index (χ3v) is 3.36. The molecule has 0 aromatic heterocycles. The van der Waals surface area contributed by atoms with E-state index in [9.17, 15) is 0 Å². The second-order valence-electron chi connectivity index (χ2n) is 4.73. The minimum Gasteiger partial charge on any atom is -0.383 e. The van der Waals surface area contributed by atoms with E-state index in [1.165, 1.54) is 0 Å². The first kappa shape index (κ1) is 12.9. The highest BCUT2D eigenvalue weighted by atomic mass is 16.5. The maximum atomic E-state index is 5.85. The average molecular weight is 216 g/mol. The summed E-state index contributed by atoms with van der Waals surface area (Å²) in [6.07, 6.45) is 1.08. The van der Waals surface area contributed by atoms with Gasteiger partial charge in [0, 0.05) is 38.3 Å². The lowest BCUT2D eigenvalue weighted by molar-refractivity contribution is 0.0732. The quantitative estimate of drug-likeness (QED) is 0.694. The number of hydrogen-bond acceptors (Lipinski definition) is 4. The average Bonchev–Trinajstić information content (AvgIpc) is 2.67. The van der Waals surface area contributed by atoms with E-state index in [0.717, 1.165) is 32.8 Å². The molecule has 4 heteroatoms. The maximum absolute atomic E-state index is 5.85. The fourth-order valence-corrected chi connectivity index (χ4v) is 2.05. The van der Waals surface area contributed by atoms with Crippen molar-refractivity contribution in [1.82, 2.24) is 4.90 Å². The molecule has 1 saturated heterocycles. The van der Waals surface area contributed by atoms with Crippen LogP contribution in [-0.2, 0) is 9.47 Å². The van der Waals surface area contributed by atoms with E-state index in [2.05, 4.69) is 18.9 Å². The van der Waals surface area contributed by atoms with Crippen LogP contribution >= 0.6 is 0 Å². The first-order chi connectivity index (χ1) is 7.13. The third-order valence-electron chi connectivity index (χ3n) is 3.36. The van der Waals surface area contributed by atoms with Crippen molar-refractivity contribution in [2.45, 2.75) is 19.4 Å². The first-order valence-electron chi connectivity index (χ1n) is 5.60. The van der Waals surface area contributed by atoms with Crippen molar-refractivity contribution in [1.29, 1.82) is 0 Å². The van der Waals surface area contributed by atoms with Crippen LogP contribution in [0.2, 0.25) is 0 Å². The van der Waals surface area contributed by atoms with Crippen molar-refractivity contribution in [2.75, 3.05) is 47.1 Å². The van der Waals surface area contributed by atoms with E-state index < -0.39 is 0 Å². The van der Waals surface area contributed by atoms with Gasteiger partial charge in [0.2, 0.25) is 0 Å². The molecule has 15 heavy (non-hydrogen) atoms. The van der Waals surface area contributed by atoms with Crippen molar-refractivity contribution in [2.24, 2.45) is 11.1 Å². The van der Waals surface area contributed by atoms with Gasteiger partial charge in [-0.25, -0.2) is 0 Å². The van der Waals surface area contributed by atoms with Gasteiger partial charge in [0.05, 0.1) is 13.2 Å². The molecule has 1 aliphatic heterocycles. The van der Waals surface area contributed by atoms with Crippen LogP contribution < -0.4 is 5.73 Å². The van der Waals surface area contributed by atoms with Crippen LogP contribution in [0.1, 0.15) is 13.3 Å². The van der Waals surface area contributed by atoms with Gasteiger partial charge in [-0.2, -0.15) is 0 Å². The molecule has 4 nitrogen and oxygen atoms in total. The van der Waals surface area contributed by atoms with Crippen molar-refractivity contribution >= 4 is 0 Å². The molecule has 1 rings (SSSR count). The molecule has 90 valence electrons. The first-order valence-corrected chi connectivity index (χ1v) is 5.60. The summed E-state index contributed by atoms with van der Waals surface area (Å²) < 4.78 is 10.6. The number of ether oxygens (including phenoxy) is 2. The van der Waals surface area contributed by atoms with Gasteiger partial charge in [-0.1, -0.05) is 0 Å². The van der Waals surface area contributed by atoms with Crippen LogP contribution in [0, 0.1) is 5.41 Å². The normalized spacial score (nSPS) is 28.6. The lowest BCUT2D eigenvalue weighted by Crippen LogP contribution is -2.45. The summed E-state index contributed by atoms with van der Waals surface area (Å²) >= 11 is 0. The standard InChI is InChI=1S/C11H24N2O2/c1-10(6-14-3)13(2)8-11(7-12)4-5-15-9-11/h10H,4-9,12H2,1-3H3. The molecule has 1 aliphatic rings. The molecule has 1 fully saturated rings. The number of nitrogens with zero attached hydrogens (tertiary/aromatic N) is 1. The molecule has 0 aromatic carbocycles. The lowest BCUT2D eigenvalue weighted by atomic mass is 9.86. The van der Waals surface area contributed by atoms with Crippen LogP contribution in [0.4, 0.5) is 0 Å².